The minimum atomic E-state index is -4.45. The minimum Gasteiger partial charge on any atom is -0.345 e. The Hall–Kier alpha value is -2.15. The Morgan fingerprint density at radius 2 is 2.04 bits per heavy atom. The first-order valence-corrected chi connectivity index (χ1v) is 8.26. The van der Waals surface area contributed by atoms with E-state index in [0.717, 1.165) is 17.6 Å². The Bertz CT molecular complexity index is 746. The molecule has 4 nitrogen and oxygen atoms in total. The predicted molar refractivity (Wildman–Crippen MR) is 87.4 cm³/mol. The van der Waals surface area contributed by atoms with Crippen molar-refractivity contribution in [2.45, 2.75) is 38.4 Å². The maximum atomic E-state index is 13.3. The third kappa shape index (κ3) is 3.92. The van der Waals surface area contributed by atoms with Gasteiger partial charge in [0.2, 0.25) is 0 Å². The molecule has 1 aromatic heterocycles. The summed E-state index contributed by atoms with van der Waals surface area (Å²) in [5.74, 6) is 0.595. The van der Waals surface area contributed by atoms with Gasteiger partial charge >= 0.3 is 6.18 Å². The third-order valence-corrected chi connectivity index (χ3v) is 4.72. The molecule has 7 heteroatoms. The van der Waals surface area contributed by atoms with E-state index in [1.165, 1.54) is 12.1 Å². The molecule has 0 aliphatic carbocycles. The minimum absolute atomic E-state index is 0.150. The molecule has 0 radical (unpaired) electrons. The van der Waals surface area contributed by atoms with E-state index < -0.39 is 11.7 Å². The highest BCUT2D eigenvalue weighted by Gasteiger charge is 2.37. The Kier molecular flexibility index (Phi) is 4.94. The van der Waals surface area contributed by atoms with Crippen molar-refractivity contribution in [2.24, 2.45) is 0 Å². The summed E-state index contributed by atoms with van der Waals surface area (Å²) in [4.78, 5) is 20.8. The van der Waals surface area contributed by atoms with Crippen LogP contribution in [0.2, 0.25) is 0 Å². The molecule has 1 fully saturated rings. The van der Waals surface area contributed by atoms with Crippen molar-refractivity contribution in [3.05, 3.63) is 52.6 Å². The molecule has 134 valence electrons. The average molecular weight is 351 g/mol. The van der Waals surface area contributed by atoms with E-state index in [-0.39, 0.29) is 17.0 Å². The van der Waals surface area contributed by atoms with Crippen molar-refractivity contribution in [3.8, 4) is 0 Å². The predicted octanol–water partition coefficient (Wildman–Crippen LogP) is 3.93. The van der Waals surface area contributed by atoms with E-state index in [1.54, 1.807) is 6.20 Å². The smallest absolute Gasteiger partial charge is 0.345 e. The lowest BCUT2D eigenvalue weighted by Crippen LogP contribution is -2.33. The standard InChI is InChI=1S/C18H20F3N3O/c1-12-22-9-15(23-12)10-24-7-5-13(6-8-24)17-14(11-25)3-2-4-16(17)18(19,20)21/h2-4,9,11,13H,5-8,10H2,1H3,(H,22,23). The first-order valence-electron chi connectivity index (χ1n) is 8.26. The summed E-state index contributed by atoms with van der Waals surface area (Å²) >= 11 is 0. The van der Waals surface area contributed by atoms with Crippen molar-refractivity contribution in [2.75, 3.05) is 13.1 Å². The summed E-state index contributed by atoms with van der Waals surface area (Å²) in [6.07, 6.45) is -0.934. The Morgan fingerprint density at radius 3 is 2.60 bits per heavy atom. The monoisotopic (exact) mass is 351 g/mol. The molecule has 0 saturated carbocycles. The quantitative estimate of drug-likeness (QED) is 0.849. The van der Waals surface area contributed by atoms with Crippen LogP contribution >= 0.6 is 0 Å². The molecule has 25 heavy (non-hydrogen) atoms. The van der Waals surface area contributed by atoms with Gasteiger partial charge in [0.25, 0.3) is 0 Å². The number of carbonyl (C=O) groups excluding carboxylic acids is 1. The zero-order chi connectivity index (χ0) is 18.0. The molecule has 1 aliphatic heterocycles. The highest BCUT2D eigenvalue weighted by molar-refractivity contribution is 5.78. The lowest BCUT2D eigenvalue weighted by atomic mass is 9.83. The van der Waals surface area contributed by atoms with Gasteiger partial charge in [0.05, 0.1) is 5.56 Å². The Labute approximate surface area is 144 Å². The number of rotatable bonds is 4. The first kappa shape index (κ1) is 17.7. The van der Waals surface area contributed by atoms with E-state index in [2.05, 4.69) is 14.9 Å². The molecule has 1 aromatic carbocycles. The molecule has 3 rings (SSSR count). The average Bonchev–Trinajstić information content (AvgIpc) is 2.99. The van der Waals surface area contributed by atoms with Crippen LogP contribution in [0.15, 0.2) is 24.4 Å². The number of nitrogens with zero attached hydrogens (tertiary/aromatic N) is 2. The molecular formula is C18H20F3N3O. The lowest BCUT2D eigenvalue weighted by molar-refractivity contribution is -0.138. The largest absolute Gasteiger partial charge is 0.416 e. The van der Waals surface area contributed by atoms with Crippen LogP contribution in [0.4, 0.5) is 13.2 Å². The zero-order valence-electron chi connectivity index (χ0n) is 13.9. The van der Waals surface area contributed by atoms with Crippen molar-refractivity contribution < 1.29 is 18.0 Å². The number of imidazole rings is 1. The number of halogens is 3. The fourth-order valence-electron chi connectivity index (χ4n) is 3.56. The molecular weight excluding hydrogens is 331 g/mol. The van der Waals surface area contributed by atoms with E-state index in [0.29, 0.717) is 38.8 Å². The number of aromatic amines is 1. The number of alkyl halides is 3. The van der Waals surface area contributed by atoms with Crippen LogP contribution in [-0.2, 0) is 12.7 Å². The molecule has 0 bridgehead atoms. The first-order chi connectivity index (χ1) is 11.9. The van der Waals surface area contributed by atoms with Crippen molar-refractivity contribution in [3.63, 3.8) is 0 Å². The van der Waals surface area contributed by atoms with Gasteiger partial charge in [-0.15, -0.1) is 0 Å². The van der Waals surface area contributed by atoms with Gasteiger partial charge in [0.15, 0.2) is 0 Å². The number of nitrogens with one attached hydrogen (secondary N) is 1. The molecule has 1 N–H and O–H groups in total. The second-order valence-electron chi connectivity index (χ2n) is 6.47. The van der Waals surface area contributed by atoms with Crippen LogP contribution in [0.5, 0.6) is 0 Å². The number of aldehydes is 1. The van der Waals surface area contributed by atoms with Crippen LogP contribution in [0.1, 0.15) is 51.8 Å². The van der Waals surface area contributed by atoms with E-state index in [4.69, 9.17) is 0 Å². The van der Waals surface area contributed by atoms with Crippen LogP contribution in [-0.4, -0.2) is 34.2 Å². The second kappa shape index (κ2) is 7.00. The molecule has 2 aromatic rings. The van der Waals surface area contributed by atoms with Gasteiger partial charge in [0, 0.05) is 24.0 Å². The maximum absolute atomic E-state index is 13.3. The number of likely N-dealkylation sites (tertiary alicyclic amines) is 1. The number of hydrogen-bond donors (Lipinski definition) is 1. The SMILES string of the molecule is Cc1ncc(CN2CCC(c3c(C=O)cccc3C(F)(F)F)CC2)[nH]1. The number of carbonyl (C=O) groups is 1. The molecule has 0 spiro atoms. The van der Waals surface area contributed by atoms with Crippen LogP contribution in [0, 0.1) is 6.92 Å². The molecule has 2 heterocycles. The fourth-order valence-corrected chi connectivity index (χ4v) is 3.56. The van der Waals surface area contributed by atoms with Crippen LogP contribution in [0.3, 0.4) is 0 Å². The van der Waals surface area contributed by atoms with Gasteiger partial charge in [-0.3, -0.25) is 9.69 Å². The van der Waals surface area contributed by atoms with E-state index in [9.17, 15) is 18.0 Å². The van der Waals surface area contributed by atoms with Gasteiger partial charge in [-0.2, -0.15) is 13.2 Å². The van der Waals surface area contributed by atoms with E-state index >= 15 is 0 Å². The van der Waals surface area contributed by atoms with Gasteiger partial charge < -0.3 is 4.98 Å². The maximum Gasteiger partial charge on any atom is 0.416 e. The summed E-state index contributed by atoms with van der Waals surface area (Å²) < 4.78 is 40.0. The van der Waals surface area contributed by atoms with Crippen molar-refractivity contribution >= 4 is 6.29 Å². The topological polar surface area (TPSA) is 49.0 Å². The number of piperidine rings is 1. The summed E-state index contributed by atoms with van der Waals surface area (Å²) in [7, 11) is 0. The number of benzene rings is 1. The zero-order valence-corrected chi connectivity index (χ0v) is 13.9. The number of H-pyrrole nitrogens is 1. The number of aryl methyl sites for hydroxylation is 1. The normalized spacial score (nSPS) is 17.0. The van der Waals surface area contributed by atoms with Crippen molar-refractivity contribution in [1.82, 2.24) is 14.9 Å². The van der Waals surface area contributed by atoms with Crippen LogP contribution in [0.25, 0.3) is 0 Å². The molecule has 0 atom stereocenters. The molecule has 0 unspecified atom stereocenters. The number of aromatic nitrogens is 2. The van der Waals surface area contributed by atoms with Gasteiger partial charge in [-0.1, -0.05) is 12.1 Å². The lowest BCUT2D eigenvalue weighted by Gasteiger charge is -2.33. The van der Waals surface area contributed by atoms with E-state index in [1.807, 2.05) is 6.92 Å². The number of hydrogen-bond acceptors (Lipinski definition) is 3. The third-order valence-electron chi connectivity index (χ3n) is 4.72. The summed E-state index contributed by atoms with van der Waals surface area (Å²) in [5.41, 5.74) is 0.625. The highest BCUT2D eigenvalue weighted by Crippen LogP contribution is 2.40. The molecule has 1 aliphatic rings. The van der Waals surface area contributed by atoms with Crippen LogP contribution < -0.4 is 0 Å². The highest BCUT2D eigenvalue weighted by atomic mass is 19.4. The Morgan fingerprint density at radius 1 is 1.32 bits per heavy atom. The summed E-state index contributed by atoms with van der Waals surface area (Å²) in [6, 6.07) is 3.84. The second-order valence-corrected chi connectivity index (χ2v) is 6.47. The summed E-state index contributed by atoms with van der Waals surface area (Å²) in [5, 5.41) is 0. The van der Waals surface area contributed by atoms with Gasteiger partial charge in [0.1, 0.15) is 12.1 Å². The molecule has 0 amide bonds. The van der Waals surface area contributed by atoms with Crippen molar-refractivity contribution in [1.29, 1.82) is 0 Å². The fraction of sp³-hybridized carbons (Fsp3) is 0.444. The molecule has 1 saturated heterocycles. The summed E-state index contributed by atoms with van der Waals surface area (Å²) in [6.45, 7) is 3.96. The Balaban J connectivity index is 1.75. The van der Waals surface area contributed by atoms with Gasteiger partial charge in [-0.05, 0) is 50.4 Å². The van der Waals surface area contributed by atoms with Gasteiger partial charge in [-0.25, -0.2) is 4.98 Å².